The molecule has 0 aliphatic heterocycles. The summed E-state index contributed by atoms with van der Waals surface area (Å²) in [5.74, 6) is 0.492. The molecule has 3 heteroatoms. The molecule has 3 nitrogen and oxygen atoms in total. The second-order valence-corrected chi connectivity index (χ2v) is 4.92. The highest BCUT2D eigenvalue weighted by molar-refractivity contribution is 4.89. The predicted octanol–water partition coefficient (Wildman–Crippen LogP) is 0.617. The maximum atomic E-state index is 9.20. The molecule has 0 radical (unpaired) electrons. The molecule has 0 amide bonds. The molecule has 2 rings (SSSR count). The summed E-state index contributed by atoms with van der Waals surface area (Å²) in [4.78, 5) is 0. The fourth-order valence-electron chi connectivity index (χ4n) is 2.95. The van der Waals surface area contributed by atoms with Gasteiger partial charge in [-0.05, 0) is 38.0 Å². The lowest BCUT2D eigenvalue weighted by Crippen LogP contribution is -2.40. The molecule has 14 heavy (non-hydrogen) atoms. The third-order valence-corrected chi connectivity index (χ3v) is 3.82. The Morgan fingerprint density at radius 2 is 2.07 bits per heavy atom. The number of aliphatic hydroxyl groups is 1. The molecule has 0 heterocycles. The lowest BCUT2D eigenvalue weighted by atomic mass is 10.0. The lowest BCUT2D eigenvalue weighted by Gasteiger charge is -2.23. The van der Waals surface area contributed by atoms with Crippen LogP contribution < -0.4 is 11.1 Å². The van der Waals surface area contributed by atoms with E-state index < -0.39 is 0 Å². The highest BCUT2D eigenvalue weighted by atomic mass is 16.3. The average Bonchev–Trinajstić information content (AvgIpc) is 2.76. The van der Waals surface area contributed by atoms with Gasteiger partial charge in [-0.1, -0.05) is 6.42 Å². The molecule has 2 fully saturated rings. The molecular formula is C11H22N2O. The highest BCUT2D eigenvalue weighted by Crippen LogP contribution is 2.27. The molecule has 2 aliphatic carbocycles. The van der Waals surface area contributed by atoms with Crippen LogP contribution in [0.1, 0.15) is 38.5 Å². The minimum atomic E-state index is 0.344. The topological polar surface area (TPSA) is 58.3 Å². The summed E-state index contributed by atoms with van der Waals surface area (Å²) >= 11 is 0. The van der Waals surface area contributed by atoms with Crippen molar-refractivity contribution in [2.45, 2.75) is 56.7 Å². The number of nitrogens with one attached hydrogen (secondary N) is 1. The maximum Gasteiger partial charge on any atom is 0.0474 e. The van der Waals surface area contributed by atoms with Crippen LogP contribution in [0.3, 0.4) is 0 Å². The largest absolute Gasteiger partial charge is 0.396 e. The molecule has 0 bridgehead atoms. The van der Waals surface area contributed by atoms with E-state index in [9.17, 15) is 5.11 Å². The molecule has 82 valence electrons. The van der Waals surface area contributed by atoms with Crippen LogP contribution in [-0.2, 0) is 0 Å². The lowest BCUT2D eigenvalue weighted by molar-refractivity contribution is 0.199. The van der Waals surface area contributed by atoms with Crippen molar-refractivity contribution in [1.29, 1.82) is 0 Å². The predicted molar refractivity (Wildman–Crippen MR) is 57.0 cm³/mol. The molecule has 4 unspecified atom stereocenters. The van der Waals surface area contributed by atoms with Gasteiger partial charge in [0.25, 0.3) is 0 Å². The van der Waals surface area contributed by atoms with E-state index in [1.807, 2.05) is 0 Å². The van der Waals surface area contributed by atoms with Crippen molar-refractivity contribution in [2.24, 2.45) is 11.7 Å². The molecule has 0 spiro atoms. The molecule has 4 atom stereocenters. The van der Waals surface area contributed by atoms with Crippen molar-refractivity contribution in [1.82, 2.24) is 5.32 Å². The van der Waals surface area contributed by atoms with Crippen LogP contribution in [0.2, 0.25) is 0 Å². The van der Waals surface area contributed by atoms with Gasteiger partial charge in [-0.15, -0.1) is 0 Å². The Balaban J connectivity index is 1.79. The molecular weight excluding hydrogens is 176 g/mol. The van der Waals surface area contributed by atoms with Crippen LogP contribution in [0.5, 0.6) is 0 Å². The van der Waals surface area contributed by atoms with Gasteiger partial charge in [0.2, 0.25) is 0 Å². The summed E-state index contributed by atoms with van der Waals surface area (Å²) in [7, 11) is 0. The Morgan fingerprint density at radius 1 is 1.21 bits per heavy atom. The van der Waals surface area contributed by atoms with E-state index in [1.165, 1.54) is 25.7 Å². The summed E-state index contributed by atoms with van der Waals surface area (Å²) in [6, 6.07) is 1.57. The van der Waals surface area contributed by atoms with E-state index in [-0.39, 0.29) is 0 Å². The highest BCUT2D eigenvalue weighted by Gasteiger charge is 2.30. The van der Waals surface area contributed by atoms with Gasteiger partial charge in [-0.25, -0.2) is 0 Å². The zero-order valence-corrected chi connectivity index (χ0v) is 8.78. The van der Waals surface area contributed by atoms with E-state index in [2.05, 4.69) is 5.32 Å². The van der Waals surface area contributed by atoms with E-state index in [0.717, 1.165) is 12.8 Å². The molecule has 0 aromatic heterocycles. The Hall–Kier alpha value is -0.120. The van der Waals surface area contributed by atoms with Gasteiger partial charge in [-0.3, -0.25) is 0 Å². The first-order chi connectivity index (χ1) is 6.79. The van der Waals surface area contributed by atoms with Crippen molar-refractivity contribution in [3.63, 3.8) is 0 Å². The molecule has 2 aliphatic rings. The molecule has 0 aromatic rings. The molecule has 0 saturated heterocycles. The van der Waals surface area contributed by atoms with Crippen LogP contribution in [-0.4, -0.2) is 29.8 Å². The van der Waals surface area contributed by atoms with Gasteiger partial charge in [-0.2, -0.15) is 0 Å². The summed E-state index contributed by atoms with van der Waals surface area (Å²) < 4.78 is 0. The first-order valence-corrected chi connectivity index (χ1v) is 5.92. The van der Waals surface area contributed by atoms with Crippen molar-refractivity contribution >= 4 is 0 Å². The summed E-state index contributed by atoms with van der Waals surface area (Å²) in [5.41, 5.74) is 5.88. The average molecular weight is 198 g/mol. The number of rotatable bonds is 3. The van der Waals surface area contributed by atoms with Crippen LogP contribution in [0.4, 0.5) is 0 Å². The number of aliphatic hydroxyl groups excluding tert-OH is 1. The molecule has 4 N–H and O–H groups in total. The minimum Gasteiger partial charge on any atom is -0.396 e. The number of hydrogen-bond donors (Lipinski definition) is 3. The fourth-order valence-corrected chi connectivity index (χ4v) is 2.95. The number of hydrogen-bond acceptors (Lipinski definition) is 3. The maximum absolute atomic E-state index is 9.20. The molecule has 0 aromatic carbocycles. The SMILES string of the molecule is NC1CCC(NC2CCCC2CO)C1. The first kappa shape index (κ1) is 10.4. The van der Waals surface area contributed by atoms with Crippen molar-refractivity contribution < 1.29 is 5.11 Å². The number of nitrogens with two attached hydrogens (primary N) is 1. The normalized spacial score (nSPS) is 43.3. The van der Waals surface area contributed by atoms with E-state index >= 15 is 0 Å². The summed E-state index contributed by atoms with van der Waals surface area (Å²) in [6.07, 6.45) is 7.18. The van der Waals surface area contributed by atoms with Gasteiger partial charge >= 0.3 is 0 Å². The van der Waals surface area contributed by atoms with Gasteiger partial charge in [0.1, 0.15) is 0 Å². The monoisotopic (exact) mass is 198 g/mol. The summed E-state index contributed by atoms with van der Waals surface area (Å²) in [5, 5.41) is 12.9. The minimum absolute atomic E-state index is 0.344. The van der Waals surface area contributed by atoms with E-state index in [0.29, 0.717) is 30.7 Å². The first-order valence-electron chi connectivity index (χ1n) is 5.92. The van der Waals surface area contributed by atoms with Gasteiger partial charge < -0.3 is 16.2 Å². The van der Waals surface area contributed by atoms with Gasteiger partial charge in [0.15, 0.2) is 0 Å². The third kappa shape index (κ3) is 2.27. The van der Waals surface area contributed by atoms with Crippen LogP contribution in [0.25, 0.3) is 0 Å². The Morgan fingerprint density at radius 3 is 2.71 bits per heavy atom. The zero-order valence-electron chi connectivity index (χ0n) is 8.78. The van der Waals surface area contributed by atoms with Crippen molar-refractivity contribution in [3.05, 3.63) is 0 Å². The third-order valence-electron chi connectivity index (χ3n) is 3.82. The van der Waals surface area contributed by atoms with Gasteiger partial charge in [0, 0.05) is 24.7 Å². The van der Waals surface area contributed by atoms with Crippen molar-refractivity contribution in [3.8, 4) is 0 Å². The fraction of sp³-hybridized carbons (Fsp3) is 1.00. The van der Waals surface area contributed by atoms with Crippen molar-refractivity contribution in [2.75, 3.05) is 6.61 Å². The van der Waals surface area contributed by atoms with Crippen LogP contribution >= 0.6 is 0 Å². The Kier molecular flexibility index (Phi) is 3.42. The molecule has 2 saturated carbocycles. The Labute approximate surface area is 86.1 Å². The second kappa shape index (κ2) is 4.60. The second-order valence-electron chi connectivity index (χ2n) is 4.92. The zero-order chi connectivity index (χ0) is 9.97. The van der Waals surface area contributed by atoms with E-state index in [1.54, 1.807) is 0 Å². The van der Waals surface area contributed by atoms with E-state index in [4.69, 9.17) is 5.73 Å². The van der Waals surface area contributed by atoms with Crippen LogP contribution in [0, 0.1) is 5.92 Å². The van der Waals surface area contributed by atoms with Crippen LogP contribution in [0.15, 0.2) is 0 Å². The Bertz CT molecular complexity index is 186. The van der Waals surface area contributed by atoms with Gasteiger partial charge in [0.05, 0.1) is 0 Å². The standard InChI is InChI=1S/C11H22N2O/c12-9-4-5-10(6-9)13-11-3-1-2-8(11)7-14/h8-11,13-14H,1-7,12H2. The quantitative estimate of drug-likeness (QED) is 0.623. The summed E-state index contributed by atoms with van der Waals surface area (Å²) in [6.45, 7) is 0.344. The smallest absolute Gasteiger partial charge is 0.0474 e.